The summed E-state index contributed by atoms with van der Waals surface area (Å²) in [5, 5.41) is 11.3. The molecule has 0 aliphatic carbocycles. The third-order valence-corrected chi connectivity index (χ3v) is 2.01. The second-order valence-corrected chi connectivity index (χ2v) is 3.76. The lowest BCUT2D eigenvalue weighted by Crippen LogP contribution is -2.17. The molecule has 0 aliphatic heterocycles. The van der Waals surface area contributed by atoms with Gasteiger partial charge in [-0.25, -0.2) is 4.79 Å². The molecule has 104 valence electrons. The Bertz CT molecular complexity index is 483. The summed E-state index contributed by atoms with van der Waals surface area (Å²) in [5.74, 6) is -1.41. The maximum absolute atomic E-state index is 12.0. The van der Waals surface area contributed by atoms with Crippen molar-refractivity contribution < 1.29 is 27.8 Å². The van der Waals surface area contributed by atoms with Gasteiger partial charge in [-0.2, -0.15) is 0 Å². The van der Waals surface area contributed by atoms with Gasteiger partial charge in [0.15, 0.2) is 0 Å². The highest BCUT2D eigenvalue weighted by Gasteiger charge is 2.31. The number of nitrogens with one attached hydrogen (secondary N) is 1. The number of anilines is 1. The Morgan fingerprint density at radius 3 is 2.74 bits per heavy atom. The Morgan fingerprint density at radius 1 is 1.47 bits per heavy atom. The van der Waals surface area contributed by atoms with E-state index in [1.54, 1.807) is 13.0 Å². The number of carbonyl (C=O) groups is 1. The molecule has 19 heavy (non-hydrogen) atoms. The molecule has 1 aromatic carbocycles. The number of benzene rings is 1. The summed E-state index contributed by atoms with van der Waals surface area (Å²) in [5.41, 5.74) is 0.939. The second-order valence-electron chi connectivity index (χ2n) is 3.76. The van der Waals surface area contributed by atoms with Crippen LogP contribution < -0.4 is 10.1 Å². The number of carboxylic acid groups (broad SMARTS) is 1. The Morgan fingerprint density at radius 2 is 2.16 bits per heavy atom. The Hall–Kier alpha value is -2.18. The van der Waals surface area contributed by atoms with Gasteiger partial charge in [-0.1, -0.05) is 6.07 Å². The molecule has 1 aromatic rings. The van der Waals surface area contributed by atoms with Crippen LogP contribution in [0.3, 0.4) is 0 Å². The molecule has 0 amide bonds. The van der Waals surface area contributed by atoms with Crippen molar-refractivity contribution in [2.75, 3.05) is 11.9 Å². The zero-order chi connectivity index (χ0) is 14.5. The topological polar surface area (TPSA) is 58.6 Å². The van der Waals surface area contributed by atoms with Crippen molar-refractivity contribution in [1.29, 1.82) is 0 Å². The van der Waals surface area contributed by atoms with E-state index in [0.717, 1.165) is 6.08 Å². The summed E-state index contributed by atoms with van der Waals surface area (Å²) in [6.07, 6.45) is -3.72. The van der Waals surface area contributed by atoms with Gasteiger partial charge in [-0.05, 0) is 24.6 Å². The normalized spacial score (nSPS) is 12.1. The number of carboxylic acids is 1. The second kappa shape index (κ2) is 6.12. The van der Waals surface area contributed by atoms with Crippen molar-refractivity contribution in [3.8, 4) is 5.75 Å². The largest absolute Gasteiger partial charge is 0.573 e. The van der Waals surface area contributed by atoms with Gasteiger partial charge >= 0.3 is 12.3 Å². The van der Waals surface area contributed by atoms with Crippen LogP contribution in [0.5, 0.6) is 5.75 Å². The first kappa shape index (κ1) is 14.9. The van der Waals surface area contributed by atoms with E-state index >= 15 is 0 Å². The van der Waals surface area contributed by atoms with Gasteiger partial charge < -0.3 is 15.2 Å². The molecule has 4 nitrogen and oxygen atoms in total. The Kier molecular flexibility index (Phi) is 4.80. The summed E-state index contributed by atoms with van der Waals surface area (Å²) >= 11 is 0. The summed E-state index contributed by atoms with van der Waals surface area (Å²) in [7, 11) is 0. The highest BCUT2D eigenvalue weighted by molar-refractivity contribution is 5.80. The lowest BCUT2D eigenvalue weighted by Gasteiger charge is -2.11. The van der Waals surface area contributed by atoms with E-state index in [9.17, 15) is 18.0 Å². The summed E-state index contributed by atoms with van der Waals surface area (Å²) in [4.78, 5) is 10.4. The maximum atomic E-state index is 12.0. The number of hydrogen-bond acceptors (Lipinski definition) is 3. The SMILES string of the molecule is C/C(=C/C(=O)O)CNc1cccc(OC(F)(F)F)c1. The van der Waals surface area contributed by atoms with E-state index < -0.39 is 12.3 Å². The number of aliphatic carboxylic acids is 1. The predicted octanol–water partition coefficient (Wildman–Crippen LogP) is 3.03. The molecule has 7 heteroatoms. The van der Waals surface area contributed by atoms with Crippen LogP contribution in [0.4, 0.5) is 18.9 Å². The van der Waals surface area contributed by atoms with Gasteiger partial charge in [0.05, 0.1) is 0 Å². The lowest BCUT2D eigenvalue weighted by molar-refractivity contribution is -0.274. The molecule has 0 fully saturated rings. The molecule has 0 aliphatic rings. The zero-order valence-electron chi connectivity index (χ0n) is 9.99. The van der Waals surface area contributed by atoms with Gasteiger partial charge in [-0.15, -0.1) is 13.2 Å². The lowest BCUT2D eigenvalue weighted by atomic mass is 10.2. The fourth-order valence-corrected chi connectivity index (χ4v) is 1.31. The number of alkyl halides is 3. The predicted molar refractivity (Wildman–Crippen MR) is 63.0 cm³/mol. The number of rotatable bonds is 5. The summed E-state index contributed by atoms with van der Waals surface area (Å²) in [6.45, 7) is 1.80. The smallest absolute Gasteiger partial charge is 0.478 e. The van der Waals surface area contributed by atoms with Crippen LogP contribution >= 0.6 is 0 Å². The van der Waals surface area contributed by atoms with Crippen LogP contribution in [0.15, 0.2) is 35.9 Å². The molecule has 0 aromatic heterocycles. The maximum Gasteiger partial charge on any atom is 0.573 e. The molecule has 0 bridgehead atoms. The van der Waals surface area contributed by atoms with Crippen LogP contribution in [-0.2, 0) is 4.79 Å². The minimum absolute atomic E-state index is 0.210. The van der Waals surface area contributed by atoms with Crippen molar-refractivity contribution in [3.63, 3.8) is 0 Å². The Labute approximate surface area is 107 Å². The molecule has 0 unspecified atom stereocenters. The van der Waals surface area contributed by atoms with Crippen LogP contribution in [0, 0.1) is 0 Å². The Balaban J connectivity index is 2.65. The third-order valence-electron chi connectivity index (χ3n) is 2.01. The molecule has 0 atom stereocenters. The zero-order valence-corrected chi connectivity index (χ0v) is 9.99. The van der Waals surface area contributed by atoms with E-state index in [2.05, 4.69) is 10.1 Å². The van der Waals surface area contributed by atoms with Crippen LogP contribution in [-0.4, -0.2) is 24.0 Å². The van der Waals surface area contributed by atoms with Gasteiger partial charge in [0, 0.05) is 24.4 Å². The highest BCUT2D eigenvalue weighted by atomic mass is 19.4. The average Bonchev–Trinajstić information content (AvgIpc) is 2.23. The van der Waals surface area contributed by atoms with E-state index in [1.807, 2.05) is 0 Å². The van der Waals surface area contributed by atoms with Crippen LogP contribution in [0.25, 0.3) is 0 Å². The van der Waals surface area contributed by atoms with Crippen LogP contribution in [0.2, 0.25) is 0 Å². The monoisotopic (exact) mass is 275 g/mol. The minimum atomic E-state index is -4.74. The number of ether oxygens (including phenoxy) is 1. The molecule has 0 saturated carbocycles. The van der Waals surface area contributed by atoms with Gasteiger partial charge in [0.2, 0.25) is 0 Å². The standard InChI is InChI=1S/C12H12F3NO3/c1-8(5-11(17)18)7-16-9-3-2-4-10(6-9)19-12(13,14)15/h2-6,16H,7H2,1H3,(H,17,18)/b8-5-. The first-order valence-electron chi connectivity index (χ1n) is 5.26. The average molecular weight is 275 g/mol. The first-order valence-corrected chi connectivity index (χ1v) is 5.26. The van der Waals surface area contributed by atoms with E-state index in [4.69, 9.17) is 5.11 Å². The fraction of sp³-hybridized carbons (Fsp3) is 0.250. The van der Waals surface area contributed by atoms with Crippen molar-refractivity contribution >= 4 is 11.7 Å². The molecule has 0 saturated heterocycles. The quantitative estimate of drug-likeness (QED) is 0.811. The van der Waals surface area contributed by atoms with Crippen molar-refractivity contribution in [1.82, 2.24) is 0 Å². The van der Waals surface area contributed by atoms with E-state index in [-0.39, 0.29) is 12.3 Å². The fourth-order valence-electron chi connectivity index (χ4n) is 1.31. The molecule has 0 radical (unpaired) electrons. The van der Waals surface area contributed by atoms with Crippen molar-refractivity contribution in [3.05, 3.63) is 35.9 Å². The molecular weight excluding hydrogens is 263 g/mol. The minimum Gasteiger partial charge on any atom is -0.478 e. The van der Waals surface area contributed by atoms with Gasteiger partial charge in [-0.3, -0.25) is 0 Å². The number of hydrogen-bond donors (Lipinski definition) is 2. The van der Waals surface area contributed by atoms with Crippen molar-refractivity contribution in [2.24, 2.45) is 0 Å². The number of halogens is 3. The molecule has 1 rings (SSSR count). The molecule has 0 spiro atoms. The highest BCUT2D eigenvalue weighted by Crippen LogP contribution is 2.25. The molecule has 2 N–H and O–H groups in total. The third kappa shape index (κ3) is 6.35. The van der Waals surface area contributed by atoms with Gasteiger partial charge in [0.25, 0.3) is 0 Å². The van der Waals surface area contributed by atoms with Crippen LogP contribution in [0.1, 0.15) is 6.92 Å². The van der Waals surface area contributed by atoms with E-state index in [1.165, 1.54) is 18.2 Å². The van der Waals surface area contributed by atoms with Gasteiger partial charge in [0.1, 0.15) is 5.75 Å². The van der Waals surface area contributed by atoms with Crippen molar-refractivity contribution in [2.45, 2.75) is 13.3 Å². The summed E-state index contributed by atoms with van der Waals surface area (Å²) in [6, 6.07) is 5.32. The van der Waals surface area contributed by atoms with E-state index in [0.29, 0.717) is 11.3 Å². The summed E-state index contributed by atoms with van der Waals surface area (Å²) < 4.78 is 39.8. The first-order chi connectivity index (χ1) is 8.76. The molecule has 0 heterocycles. The molecular formula is C12H12F3NO3.